The second kappa shape index (κ2) is 8.54. The van der Waals surface area contributed by atoms with Crippen LogP contribution in [0.2, 0.25) is 5.02 Å². The van der Waals surface area contributed by atoms with Crippen molar-refractivity contribution >= 4 is 23.5 Å². The fraction of sp³-hybridized carbons (Fsp3) is 0.556. The maximum absolute atomic E-state index is 14.7. The molecule has 2 fully saturated rings. The second-order valence-electron chi connectivity index (χ2n) is 7.48. The monoisotopic (exact) mass is 454 g/mol. The molecule has 1 unspecified atom stereocenters. The molecule has 0 spiro atoms. The molecule has 3 rings (SSSR count). The number of benzene rings is 1. The van der Waals surface area contributed by atoms with Gasteiger partial charge in [-0.05, 0) is 38.4 Å². The van der Waals surface area contributed by atoms with Gasteiger partial charge in [-0.3, -0.25) is 9.69 Å². The molecule has 0 bridgehead atoms. The average Bonchev–Trinajstić information content (AvgIpc) is 3.11. The molecule has 2 saturated heterocycles. The van der Waals surface area contributed by atoms with Crippen molar-refractivity contribution in [2.75, 3.05) is 20.1 Å². The van der Waals surface area contributed by atoms with Gasteiger partial charge in [-0.1, -0.05) is 17.7 Å². The van der Waals surface area contributed by atoms with Crippen molar-refractivity contribution in [2.24, 2.45) is 5.92 Å². The second-order valence-corrected chi connectivity index (χ2v) is 7.86. The Morgan fingerprint density at radius 1 is 1.33 bits per heavy atom. The van der Waals surface area contributed by atoms with Crippen LogP contribution >= 0.6 is 11.6 Å². The Morgan fingerprint density at radius 2 is 2.03 bits per heavy atom. The largest absolute Gasteiger partial charge is 0.404 e. The summed E-state index contributed by atoms with van der Waals surface area (Å²) in [6, 6.07) is -2.54. The fourth-order valence-corrected chi connectivity index (χ4v) is 4.07. The van der Waals surface area contributed by atoms with Gasteiger partial charge >= 0.3 is 12.2 Å². The molecule has 30 heavy (non-hydrogen) atoms. The molecule has 3 amide bonds. The number of likely N-dealkylation sites (tertiary alicyclic amines) is 1. The normalized spacial score (nSPS) is 26.1. The van der Waals surface area contributed by atoms with E-state index in [0.29, 0.717) is 0 Å². The van der Waals surface area contributed by atoms with Crippen LogP contribution in [-0.2, 0) is 4.79 Å². The van der Waals surface area contributed by atoms with Crippen LogP contribution in [0.15, 0.2) is 12.1 Å². The highest BCUT2D eigenvalue weighted by molar-refractivity contribution is 6.31. The lowest BCUT2D eigenvalue weighted by atomic mass is 9.81. The van der Waals surface area contributed by atoms with Crippen molar-refractivity contribution in [1.82, 2.24) is 20.9 Å². The van der Waals surface area contributed by atoms with Gasteiger partial charge in [0.15, 0.2) is 0 Å². The van der Waals surface area contributed by atoms with E-state index < -0.39 is 65.2 Å². The van der Waals surface area contributed by atoms with Gasteiger partial charge in [0, 0.05) is 12.1 Å². The van der Waals surface area contributed by atoms with Crippen LogP contribution in [0.4, 0.5) is 26.7 Å². The van der Waals surface area contributed by atoms with Crippen molar-refractivity contribution in [3.63, 3.8) is 0 Å². The van der Waals surface area contributed by atoms with Crippen molar-refractivity contribution in [3.8, 4) is 0 Å². The summed E-state index contributed by atoms with van der Waals surface area (Å²) in [5.41, 5.74) is -0.206. The van der Waals surface area contributed by atoms with Gasteiger partial charge in [0.2, 0.25) is 5.91 Å². The van der Waals surface area contributed by atoms with Gasteiger partial charge in [-0.25, -0.2) is 13.6 Å². The highest BCUT2D eigenvalue weighted by Crippen LogP contribution is 2.40. The van der Waals surface area contributed by atoms with Crippen molar-refractivity contribution < 1.29 is 31.5 Å². The van der Waals surface area contributed by atoms with E-state index in [-0.39, 0.29) is 25.1 Å². The first kappa shape index (κ1) is 22.5. The first-order valence-corrected chi connectivity index (χ1v) is 9.62. The molecule has 1 aromatic carbocycles. The summed E-state index contributed by atoms with van der Waals surface area (Å²) in [7, 11) is 1.34. The smallest absolute Gasteiger partial charge is 0.347 e. The van der Waals surface area contributed by atoms with E-state index in [1.807, 2.05) is 0 Å². The number of nitrogens with one attached hydrogen (secondary N) is 3. The highest BCUT2D eigenvalue weighted by atomic mass is 35.5. The summed E-state index contributed by atoms with van der Waals surface area (Å²) in [5, 5.41) is 6.49. The Morgan fingerprint density at radius 3 is 2.63 bits per heavy atom. The maximum atomic E-state index is 14.7. The van der Waals surface area contributed by atoms with Crippen LogP contribution in [0.25, 0.3) is 0 Å². The molecule has 0 radical (unpaired) electrons. The number of hydrogen-bond acceptors (Lipinski definition) is 3. The maximum Gasteiger partial charge on any atom is 0.404 e. The summed E-state index contributed by atoms with van der Waals surface area (Å²) >= 11 is 5.66. The summed E-state index contributed by atoms with van der Waals surface area (Å²) in [6.45, 7) is 0.0438. The van der Waals surface area contributed by atoms with Crippen molar-refractivity contribution in [2.45, 2.75) is 37.1 Å². The zero-order valence-electron chi connectivity index (χ0n) is 15.8. The third-order valence-electron chi connectivity index (χ3n) is 5.55. The topological polar surface area (TPSA) is 73.5 Å². The number of carbonyl (C=O) groups excluding carboxylic acids is 2. The van der Waals surface area contributed by atoms with Gasteiger partial charge in [-0.2, -0.15) is 13.2 Å². The van der Waals surface area contributed by atoms with E-state index in [9.17, 15) is 31.5 Å². The van der Waals surface area contributed by atoms with E-state index in [2.05, 4.69) is 16.0 Å². The van der Waals surface area contributed by atoms with Gasteiger partial charge < -0.3 is 16.0 Å². The first-order chi connectivity index (χ1) is 14.0. The summed E-state index contributed by atoms with van der Waals surface area (Å²) in [6.07, 6.45) is -4.67. The molecule has 1 aromatic rings. The first-order valence-electron chi connectivity index (χ1n) is 9.24. The van der Waals surface area contributed by atoms with Crippen molar-refractivity contribution in [3.05, 3.63) is 34.4 Å². The number of hydrogen-bond donors (Lipinski definition) is 3. The number of rotatable bonds is 4. The minimum Gasteiger partial charge on any atom is -0.347 e. The van der Waals surface area contributed by atoms with E-state index in [0.717, 1.165) is 17.0 Å². The lowest BCUT2D eigenvalue weighted by molar-refractivity contribution is -0.192. The minimum atomic E-state index is -4.51. The molecule has 0 saturated carbocycles. The number of urea groups is 1. The number of carbonyl (C=O) groups is 2. The van der Waals surface area contributed by atoms with Crippen LogP contribution in [0.3, 0.4) is 0 Å². The van der Waals surface area contributed by atoms with Gasteiger partial charge in [0.25, 0.3) is 0 Å². The Hall–Kier alpha value is -2.14. The molecular formula is C18H20ClF5N4O2. The predicted molar refractivity (Wildman–Crippen MR) is 97.8 cm³/mol. The molecule has 3 N–H and O–H groups in total. The molecule has 166 valence electrons. The van der Waals surface area contributed by atoms with Crippen LogP contribution in [0.5, 0.6) is 0 Å². The lowest BCUT2D eigenvalue weighted by Gasteiger charge is -2.41. The van der Waals surface area contributed by atoms with Gasteiger partial charge in [0.1, 0.15) is 28.7 Å². The minimum absolute atomic E-state index is 0.0252. The standard InChI is InChI=1S/C18H20ClF5N4O2/c1-28-5-4-8(6-12(28)18(22,23)24)15(9-2-3-10(20)13(19)14(9)21)27-16(29)11-7-25-17(30)26-11/h2-3,8,11-12,15H,4-7H2,1H3,(H,27,29)(H2,25,26,30)/t8-,11+,12?,15+/m1/s1. The van der Waals surface area contributed by atoms with Gasteiger partial charge in [-0.15, -0.1) is 0 Å². The molecular weight excluding hydrogens is 435 g/mol. The predicted octanol–water partition coefficient (Wildman–Crippen LogP) is 2.73. The highest BCUT2D eigenvalue weighted by Gasteiger charge is 2.47. The molecule has 4 atom stereocenters. The molecule has 2 heterocycles. The molecule has 0 aliphatic carbocycles. The molecule has 2 aliphatic rings. The Bertz CT molecular complexity index is 838. The van der Waals surface area contributed by atoms with E-state index in [1.54, 1.807) is 0 Å². The van der Waals surface area contributed by atoms with E-state index >= 15 is 0 Å². The third kappa shape index (κ3) is 4.61. The molecule has 12 heteroatoms. The summed E-state index contributed by atoms with van der Waals surface area (Å²) < 4.78 is 68.7. The quantitative estimate of drug-likeness (QED) is 0.484. The zero-order chi connectivity index (χ0) is 22.2. The van der Waals surface area contributed by atoms with Crippen LogP contribution in [0, 0.1) is 17.6 Å². The lowest BCUT2D eigenvalue weighted by Crippen LogP contribution is -2.52. The number of nitrogens with zero attached hydrogens (tertiary/aromatic N) is 1. The van der Waals surface area contributed by atoms with E-state index in [4.69, 9.17) is 11.6 Å². The number of piperidine rings is 1. The van der Waals surface area contributed by atoms with Crippen LogP contribution < -0.4 is 16.0 Å². The fourth-order valence-electron chi connectivity index (χ4n) is 3.89. The summed E-state index contributed by atoms with van der Waals surface area (Å²) in [4.78, 5) is 25.0. The molecule has 2 aliphatic heterocycles. The van der Waals surface area contributed by atoms with Crippen LogP contribution in [0.1, 0.15) is 24.4 Å². The van der Waals surface area contributed by atoms with Gasteiger partial charge in [0.05, 0.1) is 6.04 Å². The Kier molecular flexibility index (Phi) is 6.42. The van der Waals surface area contributed by atoms with Crippen molar-refractivity contribution in [1.29, 1.82) is 0 Å². The molecule has 0 aromatic heterocycles. The number of amides is 3. The SMILES string of the molecule is CN1CC[C@@H]([C@H](NC(=O)[C@@H]2CNC(=O)N2)c2ccc(F)c(Cl)c2F)CC1C(F)(F)F. The summed E-state index contributed by atoms with van der Waals surface area (Å²) in [5.74, 6) is -3.65. The Labute approximate surface area is 174 Å². The van der Waals surface area contributed by atoms with E-state index in [1.165, 1.54) is 7.05 Å². The number of halogens is 6. The third-order valence-corrected chi connectivity index (χ3v) is 5.89. The number of alkyl halides is 3. The Balaban J connectivity index is 1.92. The average molecular weight is 455 g/mol. The zero-order valence-corrected chi connectivity index (χ0v) is 16.6. The van der Waals surface area contributed by atoms with Crippen LogP contribution in [-0.4, -0.2) is 55.2 Å². The molecule has 6 nitrogen and oxygen atoms in total.